The third kappa shape index (κ3) is 3.29. The molecule has 2 aromatic carbocycles. The van der Waals surface area contributed by atoms with E-state index in [2.05, 4.69) is 4.72 Å². The number of hydrogen-bond donors (Lipinski definition) is 4. The summed E-state index contributed by atoms with van der Waals surface area (Å²) in [4.78, 5) is -0.00903. The third-order valence-corrected chi connectivity index (χ3v) is 3.98. The molecule has 20 heavy (non-hydrogen) atoms. The smallest absolute Gasteiger partial charge is 0.488 e. The normalized spacial score (nSPS) is 11.1. The number of rotatable bonds is 4. The fraction of sp³-hybridized carbons (Fsp3) is 0. The van der Waals surface area contributed by atoms with Gasteiger partial charge < -0.3 is 15.2 Å². The molecule has 2 aromatic rings. The second-order valence-corrected chi connectivity index (χ2v) is 5.78. The first-order valence-electron chi connectivity index (χ1n) is 5.66. The van der Waals surface area contributed by atoms with Gasteiger partial charge >= 0.3 is 7.12 Å². The van der Waals surface area contributed by atoms with Crippen LogP contribution in [0.4, 0.5) is 5.69 Å². The zero-order valence-electron chi connectivity index (χ0n) is 10.3. The highest BCUT2D eigenvalue weighted by atomic mass is 32.2. The maximum absolute atomic E-state index is 12.1. The molecule has 8 heteroatoms. The molecule has 0 atom stereocenters. The van der Waals surface area contributed by atoms with Crippen molar-refractivity contribution in [3.05, 3.63) is 48.5 Å². The van der Waals surface area contributed by atoms with Crippen molar-refractivity contribution in [2.45, 2.75) is 4.90 Å². The predicted octanol–water partition coefficient (Wildman–Crippen LogP) is -0.127. The van der Waals surface area contributed by atoms with E-state index < -0.39 is 17.1 Å². The molecule has 0 saturated carbocycles. The van der Waals surface area contributed by atoms with Crippen molar-refractivity contribution in [1.82, 2.24) is 0 Å². The molecule has 0 heterocycles. The Kier molecular flexibility index (Phi) is 3.98. The van der Waals surface area contributed by atoms with E-state index in [4.69, 9.17) is 15.2 Å². The second-order valence-electron chi connectivity index (χ2n) is 4.10. The van der Waals surface area contributed by atoms with Crippen LogP contribution < -0.4 is 10.2 Å². The van der Waals surface area contributed by atoms with Gasteiger partial charge in [0.15, 0.2) is 0 Å². The summed E-state index contributed by atoms with van der Waals surface area (Å²) in [6, 6.07) is 10.8. The predicted molar refractivity (Wildman–Crippen MR) is 75.2 cm³/mol. The van der Waals surface area contributed by atoms with Gasteiger partial charge in [-0.1, -0.05) is 12.1 Å². The molecular weight excluding hydrogens is 281 g/mol. The van der Waals surface area contributed by atoms with Gasteiger partial charge in [0.2, 0.25) is 0 Å². The molecule has 6 nitrogen and oxygen atoms in total. The average Bonchev–Trinajstić information content (AvgIpc) is 2.39. The number of aromatic hydroxyl groups is 1. The summed E-state index contributed by atoms with van der Waals surface area (Å²) in [6.07, 6.45) is 0. The summed E-state index contributed by atoms with van der Waals surface area (Å²) in [7, 11) is -5.47. The van der Waals surface area contributed by atoms with Crippen molar-refractivity contribution < 1.29 is 23.6 Å². The molecule has 0 aliphatic rings. The minimum Gasteiger partial charge on any atom is -0.508 e. The van der Waals surface area contributed by atoms with Crippen LogP contribution in [0, 0.1) is 0 Å². The molecule has 0 spiro atoms. The van der Waals surface area contributed by atoms with Gasteiger partial charge in [0.1, 0.15) is 5.75 Å². The molecule has 0 radical (unpaired) electrons. The van der Waals surface area contributed by atoms with Gasteiger partial charge in [-0.3, -0.25) is 4.72 Å². The molecule has 0 aromatic heterocycles. The van der Waals surface area contributed by atoms with Gasteiger partial charge in [0.25, 0.3) is 10.0 Å². The number of sulfonamides is 1. The quantitative estimate of drug-likeness (QED) is 0.588. The summed E-state index contributed by atoms with van der Waals surface area (Å²) in [6.45, 7) is 0. The highest BCUT2D eigenvalue weighted by molar-refractivity contribution is 7.92. The zero-order valence-corrected chi connectivity index (χ0v) is 11.1. The highest BCUT2D eigenvalue weighted by Gasteiger charge is 2.16. The van der Waals surface area contributed by atoms with Crippen LogP contribution in [0.2, 0.25) is 0 Å². The Morgan fingerprint density at radius 2 is 1.65 bits per heavy atom. The molecule has 4 N–H and O–H groups in total. The molecule has 0 unspecified atom stereocenters. The monoisotopic (exact) mass is 293 g/mol. The Bertz CT molecular complexity index is 700. The second kappa shape index (κ2) is 5.54. The average molecular weight is 293 g/mol. The van der Waals surface area contributed by atoms with Crippen molar-refractivity contribution in [2.24, 2.45) is 0 Å². The van der Waals surface area contributed by atoms with E-state index in [1.165, 1.54) is 48.5 Å². The molecule has 0 aliphatic carbocycles. The summed E-state index contributed by atoms with van der Waals surface area (Å²) < 4.78 is 26.5. The number of nitrogens with one attached hydrogen (secondary N) is 1. The minimum atomic E-state index is -3.80. The zero-order chi connectivity index (χ0) is 14.8. The summed E-state index contributed by atoms with van der Waals surface area (Å²) >= 11 is 0. The van der Waals surface area contributed by atoms with Crippen LogP contribution in [0.1, 0.15) is 0 Å². The van der Waals surface area contributed by atoms with E-state index in [0.29, 0.717) is 0 Å². The van der Waals surface area contributed by atoms with Gasteiger partial charge in [0.05, 0.1) is 4.90 Å². The van der Waals surface area contributed by atoms with E-state index >= 15 is 0 Å². The number of anilines is 1. The Morgan fingerprint density at radius 3 is 2.25 bits per heavy atom. The van der Waals surface area contributed by atoms with Gasteiger partial charge in [0, 0.05) is 5.69 Å². The number of phenolic OH excluding ortho intramolecular Hbond substituents is 1. The van der Waals surface area contributed by atoms with Crippen LogP contribution in [0.25, 0.3) is 0 Å². The molecule has 104 valence electrons. The number of phenols is 1. The Morgan fingerprint density at radius 1 is 1.00 bits per heavy atom. The summed E-state index contributed by atoms with van der Waals surface area (Å²) in [5.74, 6) is -0.0330. The maximum atomic E-state index is 12.1. The molecule has 0 fully saturated rings. The van der Waals surface area contributed by atoms with Gasteiger partial charge in [-0.25, -0.2) is 8.42 Å². The molecular formula is C12H12BNO5S. The summed E-state index contributed by atoms with van der Waals surface area (Å²) in [5.41, 5.74) is 0.389. The van der Waals surface area contributed by atoms with Gasteiger partial charge in [-0.15, -0.1) is 0 Å². The van der Waals surface area contributed by atoms with Gasteiger partial charge in [-0.2, -0.15) is 0 Å². The molecule has 0 aliphatic heterocycles. The fourth-order valence-corrected chi connectivity index (χ4v) is 2.65. The standard InChI is InChI=1S/C12H12BNO5S/c15-11-4-6-12(7-5-11)20(18,19)14-10-3-1-2-9(8-10)13(16)17/h1-8,14-17H. The van der Waals surface area contributed by atoms with Crippen LogP contribution in [-0.2, 0) is 10.0 Å². The molecule has 2 rings (SSSR count). The lowest BCUT2D eigenvalue weighted by atomic mass is 9.80. The first-order valence-corrected chi connectivity index (χ1v) is 7.15. The Labute approximate surface area is 116 Å². The Hall–Kier alpha value is -2.03. The number of hydrogen-bond acceptors (Lipinski definition) is 5. The van der Waals surface area contributed by atoms with E-state index in [9.17, 15) is 8.42 Å². The van der Waals surface area contributed by atoms with Crippen molar-refractivity contribution in [1.29, 1.82) is 0 Å². The first-order chi connectivity index (χ1) is 9.38. The Balaban J connectivity index is 2.28. The first kappa shape index (κ1) is 14.4. The van der Waals surface area contributed by atoms with Crippen molar-refractivity contribution in [3.8, 4) is 5.75 Å². The van der Waals surface area contributed by atoms with Crippen LogP contribution in [0.3, 0.4) is 0 Å². The minimum absolute atomic E-state index is 0.00903. The third-order valence-electron chi connectivity index (χ3n) is 2.58. The van der Waals surface area contributed by atoms with Crippen molar-refractivity contribution in [3.63, 3.8) is 0 Å². The lowest BCUT2D eigenvalue weighted by Crippen LogP contribution is -2.30. The summed E-state index contributed by atoms with van der Waals surface area (Å²) in [5, 5.41) is 27.2. The van der Waals surface area contributed by atoms with Crippen LogP contribution >= 0.6 is 0 Å². The fourth-order valence-electron chi connectivity index (χ4n) is 1.60. The molecule has 0 amide bonds. The SMILES string of the molecule is O=S(=O)(Nc1cccc(B(O)O)c1)c1ccc(O)cc1. The van der Waals surface area contributed by atoms with E-state index in [1.54, 1.807) is 0 Å². The lowest BCUT2D eigenvalue weighted by molar-refractivity contribution is 0.426. The van der Waals surface area contributed by atoms with Crippen LogP contribution in [0.15, 0.2) is 53.4 Å². The van der Waals surface area contributed by atoms with E-state index in [-0.39, 0.29) is 21.8 Å². The largest absolute Gasteiger partial charge is 0.508 e. The van der Waals surface area contributed by atoms with Crippen LogP contribution in [0.5, 0.6) is 5.75 Å². The van der Waals surface area contributed by atoms with E-state index in [1.807, 2.05) is 0 Å². The van der Waals surface area contributed by atoms with E-state index in [0.717, 1.165) is 0 Å². The highest BCUT2D eigenvalue weighted by Crippen LogP contribution is 2.17. The number of benzene rings is 2. The maximum Gasteiger partial charge on any atom is 0.488 e. The lowest BCUT2D eigenvalue weighted by Gasteiger charge is -2.09. The topological polar surface area (TPSA) is 107 Å². The van der Waals surface area contributed by atoms with Gasteiger partial charge in [-0.05, 0) is 41.9 Å². The van der Waals surface area contributed by atoms with Crippen molar-refractivity contribution in [2.75, 3.05) is 4.72 Å². The molecule has 0 saturated heterocycles. The van der Waals surface area contributed by atoms with Crippen LogP contribution in [-0.4, -0.2) is 30.7 Å². The molecule has 0 bridgehead atoms. The van der Waals surface area contributed by atoms with Crippen molar-refractivity contribution >= 4 is 28.3 Å².